The molecule has 1 unspecified atom stereocenters. The number of benzene rings is 1. The second-order valence-corrected chi connectivity index (χ2v) is 4.73. The van der Waals surface area contributed by atoms with Crippen LogP contribution in [0.3, 0.4) is 0 Å². The largest absolute Gasteiger partial charge is 0.451 e. The highest BCUT2D eigenvalue weighted by Gasteiger charge is 2.24. The minimum Gasteiger partial charge on any atom is -0.451 e. The van der Waals surface area contributed by atoms with Crippen LogP contribution in [0.1, 0.15) is 17.3 Å². The number of aromatic nitrogens is 1. The zero-order valence-corrected chi connectivity index (χ0v) is 10.6. The Morgan fingerprint density at radius 2 is 2.42 bits per heavy atom. The van der Waals surface area contributed by atoms with Crippen LogP contribution < -0.4 is 5.32 Å². The molecule has 1 aliphatic heterocycles. The standard InChI is InChI=1S/C14H16FN3O/c15-12-3-1-2-11(6-12)14-7-16-4-5-18(14)8-13-9-19-10-17-13/h1-3,6,9-10,14,16H,4-5,7-8H2. The molecule has 4 nitrogen and oxygen atoms in total. The zero-order chi connectivity index (χ0) is 13.1. The summed E-state index contributed by atoms with van der Waals surface area (Å²) in [6.07, 6.45) is 3.10. The molecule has 1 aliphatic rings. The average Bonchev–Trinajstić information content (AvgIpc) is 2.92. The minimum atomic E-state index is -0.190. The van der Waals surface area contributed by atoms with Gasteiger partial charge in [-0.2, -0.15) is 0 Å². The molecular formula is C14H16FN3O. The molecule has 1 atom stereocenters. The van der Waals surface area contributed by atoms with Gasteiger partial charge in [0.05, 0.1) is 5.69 Å². The lowest BCUT2D eigenvalue weighted by atomic mass is 10.0. The maximum absolute atomic E-state index is 13.4. The summed E-state index contributed by atoms with van der Waals surface area (Å²) in [6, 6.07) is 6.97. The molecule has 1 aromatic carbocycles. The van der Waals surface area contributed by atoms with Crippen LogP contribution in [0.5, 0.6) is 0 Å². The van der Waals surface area contributed by atoms with E-state index in [0.29, 0.717) is 0 Å². The van der Waals surface area contributed by atoms with Crippen molar-refractivity contribution in [2.75, 3.05) is 19.6 Å². The van der Waals surface area contributed by atoms with E-state index in [2.05, 4.69) is 15.2 Å². The molecule has 0 aliphatic carbocycles. The Bertz CT molecular complexity index is 529. The zero-order valence-electron chi connectivity index (χ0n) is 10.6. The number of nitrogens with zero attached hydrogens (tertiary/aromatic N) is 2. The van der Waals surface area contributed by atoms with E-state index in [1.54, 1.807) is 18.4 Å². The van der Waals surface area contributed by atoms with Gasteiger partial charge in [-0.05, 0) is 17.7 Å². The highest BCUT2D eigenvalue weighted by Crippen LogP contribution is 2.24. The summed E-state index contributed by atoms with van der Waals surface area (Å²) in [6.45, 7) is 3.39. The first kappa shape index (κ1) is 12.3. The topological polar surface area (TPSA) is 41.3 Å². The van der Waals surface area contributed by atoms with Crippen molar-refractivity contribution in [3.63, 3.8) is 0 Å². The molecule has 1 fully saturated rings. The third-order valence-electron chi connectivity index (χ3n) is 3.44. The number of rotatable bonds is 3. The average molecular weight is 261 g/mol. The summed E-state index contributed by atoms with van der Waals surface area (Å²) in [7, 11) is 0. The predicted molar refractivity (Wildman–Crippen MR) is 68.9 cm³/mol. The Balaban J connectivity index is 1.80. The van der Waals surface area contributed by atoms with Crippen LogP contribution in [-0.2, 0) is 6.54 Å². The van der Waals surface area contributed by atoms with Crippen molar-refractivity contribution in [2.45, 2.75) is 12.6 Å². The number of hydrogen-bond donors (Lipinski definition) is 1. The Morgan fingerprint density at radius 3 is 3.21 bits per heavy atom. The van der Waals surface area contributed by atoms with Gasteiger partial charge < -0.3 is 9.73 Å². The van der Waals surface area contributed by atoms with Crippen LogP contribution in [0, 0.1) is 5.82 Å². The maximum atomic E-state index is 13.4. The summed E-state index contributed by atoms with van der Waals surface area (Å²) in [4.78, 5) is 6.45. The van der Waals surface area contributed by atoms with Crippen molar-refractivity contribution in [1.82, 2.24) is 15.2 Å². The SMILES string of the molecule is Fc1cccc(C2CNCCN2Cc2cocn2)c1. The lowest BCUT2D eigenvalue weighted by Crippen LogP contribution is -2.45. The van der Waals surface area contributed by atoms with E-state index in [1.165, 1.54) is 12.5 Å². The number of piperazine rings is 1. The van der Waals surface area contributed by atoms with Crippen LogP contribution in [0.25, 0.3) is 0 Å². The molecule has 3 rings (SSSR count). The van der Waals surface area contributed by atoms with Crippen LogP contribution >= 0.6 is 0 Å². The molecule has 0 bridgehead atoms. The van der Waals surface area contributed by atoms with Crippen LogP contribution in [0.4, 0.5) is 4.39 Å². The van der Waals surface area contributed by atoms with Gasteiger partial charge in [-0.1, -0.05) is 12.1 Å². The summed E-state index contributed by atoms with van der Waals surface area (Å²) in [5.41, 5.74) is 1.90. The molecule has 19 heavy (non-hydrogen) atoms. The van der Waals surface area contributed by atoms with E-state index in [0.717, 1.165) is 37.4 Å². The number of hydrogen-bond acceptors (Lipinski definition) is 4. The molecule has 1 N–H and O–H groups in total. The van der Waals surface area contributed by atoms with Crippen molar-refractivity contribution in [1.29, 1.82) is 0 Å². The van der Waals surface area contributed by atoms with Gasteiger partial charge in [0.1, 0.15) is 12.1 Å². The van der Waals surface area contributed by atoms with E-state index in [4.69, 9.17) is 4.42 Å². The van der Waals surface area contributed by atoms with Crippen LogP contribution in [-0.4, -0.2) is 29.5 Å². The van der Waals surface area contributed by atoms with E-state index >= 15 is 0 Å². The van der Waals surface area contributed by atoms with Gasteiger partial charge in [0.2, 0.25) is 0 Å². The van der Waals surface area contributed by atoms with Crippen molar-refractivity contribution in [3.05, 3.63) is 54.0 Å². The van der Waals surface area contributed by atoms with Gasteiger partial charge in [-0.25, -0.2) is 9.37 Å². The summed E-state index contributed by atoms with van der Waals surface area (Å²) >= 11 is 0. The molecular weight excluding hydrogens is 245 g/mol. The Morgan fingerprint density at radius 1 is 1.47 bits per heavy atom. The first-order valence-corrected chi connectivity index (χ1v) is 6.40. The minimum absolute atomic E-state index is 0.168. The summed E-state index contributed by atoms with van der Waals surface area (Å²) in [5.74, 6) is -0.190. The third kappa shape index (κ3) is 2.83. The molecule has 2 aromatic rings. The second-order valence-electron chi connectivity index (χ2n) is 4.73. The lowest BCUT2D eigenvalue weighted by molar-refractivity contribution is 0.151. The van der Waals surface area contributed by atoms with E-state index < -0.39 is 0 Å². The van der Waals surface area contributed by atoms with Gasteiger partial charge in [0.15, 0.2) is 6.39 Å². The van der Waals surface area contributed by atoms with Gasteiger partial charge in [-0.15, -0.1) is 0 Å². The van der Waals surface area contributed by atoms with Crippen molar-refractivity contribution >= 4 is 0 Å². The summed E-state index contributed by atoms with van der Waals surface area (Å²) in [5, 5.41) is 3.35. The highest BCUT2D eigenvalue weighted by molar-refractivity contribution is 5.21. The third-order valence-corrected chi connectivity index (χ3v) is 3.44. The molecule has 0 spiro atoms. The fraction of sp³-hybridized carbons (Fsp3) is 0.357. The van der Waals surface area contributed by atoms with Crippen LogP contribution in [0.15, 0.2) is 41.3 Å². The molecule has 1 saturated heterocycles. The number of halogens is 1. The first-order valence-electron chi connectivity index (χ1n) is 6.40. The lowest BCUT2D eigenvalue weighted by Gasteiger charge is -2.36. The maximum Gasteiger partial charge on any atom is 0.180 e. The molecule has 5 heteroatoms. The second kappa shape index (κ2) is 5.50. The van der Waals surface area contributed by atoms with Crippen molar-refractivity contribution in [2.24, 2.45) is 0 Å². The monoisotopic (exact) mass is 261 g/mol. The predicted octanol–water partition coefficient (Wildman–Crippen LogP) is 1.96. The van der Waals surface area contributed by atoms with Gasteiger partial charge in [0, 0.05) is 32.2 Å². The highest BCUT2D eigenvalue weighted by atomic mass is 19.1. The fourth-order valence-electron chi connectivity index (χ4n) is 2.50. The van der Waals surface area contributed by atoms with Crippen molar-refractivity contribution < 1.29 is 8.81 Å². The Kier molecular flexibility index (Phi) is 3.57. The number of oxazole rings is 1. The first-order chi connectivity index (χ1) is 9.33. The van der Waals surface area contributed by atoms with Gasteiger partial charge in [0.25, 0.3) is 0 Å². The summed E-state index contributed by atoms with van der Waals surface area (Å²) < 4.78 is 18.4. The molecule has 0 amide bonds. The molecule has 1 aromatic heterocycles. The normalized spacial score (nSPS) is 20.6. The number of nitrogens with one attached hydrogen (secondary N) is 1. The molecule has 0 radical (unpaired) electrons. The molecule has 2 heterocycles. The fourth-order valence-corrected chi connectivity index (χ4v) is 2.50. The van der Waals surface area contributed by atoms with E-state index in [1.807, 2.05) is 6.07 Å². The Hall–Kier alpha value is -1.72. The quantitative estimate of drug-likeness (QED) is 0.917. The molecule has 0 saturated carbocycles. The smallest absolute Gasteiger partial charge is 0.180 e. The van der Waals surface area contributed by atoms with Gasteiger partial charge in [-0.3, -0.25) is 4.90 Å². The Labute approximate surface area is 111 Å². The van der Waals surface area contributed by atoms with E-state index in [9.17, 15) is 4.39 Å². The van der Waals surface area contributed by atoms with Crippen molar-refractivity contribution in [3.8, 4) is 0 Å². The van der Waals surface area contributed by atoms with Gasteiger partial charge >= 0.3 is 0 Å². The van der Waals surface area contributed by atoms with E-state index in [-0.39, 0.29) is 11.9 Å². The van der Waals surface area contributed by atoms with Crippen LogP contribution in [0.2, 0.25) is 0 Å². The molecule has 100 valence electrons.